The van der Waals surface area contributed by atoms with Gasteiger partial charge in [-0.3, -0.25) is 0 Å². The van der Waals surface area contributed by atoms with Crippen LogP contribution in [0.15, 0.2) is 36.0 Å². The van der Waals surface area contributed by atoms with E-state index >= 15 is 0 Å². The average Bonchev–Trinajstić information content (AvgIpc) is 2.18. The molecule has 0 saturated heterocycles. The molecule has 2 bridgehead atoms. The molecule has 3 rings (SSSR count). The third-order valence-electron chi connectivity index (χ3n) is 1.62. The highest BCUT2D eigenvalue weighted by atomic mass is 14.3. The van der Waals surface area contributed by atoms with E-state index in [1.54, 1.807) is 0 Å². The minimum absolute atomic E-state index is 0.620. The maximum Gasteiger partial charge on any atom is 0.0210 e. The molecule has 0 radical (unpaired) electrons. The zero-order valence-corrected chi connectivity index (χ0v) is 4.02. The summed E-state index contributed by atoms with van der Waals surface area (Å²) in [5, 5.41) is 0. The van der Waals surface area contributed by atoms with Gasteiger partial charge in [0, 0.05) is 5.92 Å². The van der Waals surface area contributed by atoms with Crippen molar-refractivity contribution in [2.24, 2.45) is 5.92 Å². The molecule has 3 aliphatic rings. The molecule has 0 nitrogen and oxygen atoms in total. The summed E-state index contributed by atoms with van der Waals surface area (Å²) in [6.07, 6.45) is 6.53. The molecule has 0 heteroatoms. The van der Waals surface area contributed by atoms with E-state index in [1.165, 1.54) is 11.1 Å². The Morgan fingerprint density at radius 3 is 2.57 bits per heavy atom. The standard InChI is InChI=1S/C7H6/c1-5-6-2-3-7(5)4-6/h2-4,6H,1H2. The minimum Gasteiger partial charge on any atom is -0.0943 e. The maximum absolute atomic E-state index is 3.85. The monoisotopic (exact) mass is 90.0 g/mol. The molecule has 0 saturated carbocycles. The summed E-state index contributed by atoms with van der Waals surface area (Å²) in [6.45, 7) is 3.85. The van der Waals surface area contributed by atoms with Crippen molar-refractivity contribution >= 4 is 0 Å². The Hall–Kier alpha value is -0.780. The molecule has 0 amide bonds. The smallest absolute Gasteiger partial charge is 0.0210 e. The highest BCUT2D eigenvalue weighted by molar-refractivity contribution is 5.59. The van der Waals surface area contributed by atoms with Crippen LogP contribution in [-0.2, 0) is 0 Å². The fourth-order valence-electron chi connectivity index (χ4n) is 1.04. The molecule has 1 unspecified atom stereocenters. The second-order valence-corrected chi connectivity index (χ2v) is 2.03. The van der Waals surface area contributed by atoms with Crippen LogP contribution in [0.25, 0.3) is 0 Å². The van der Waals surface area contributed by atoms with Gasteiger partial charge in [-0.1, -0.05) is 24.8 Å². The molecule has 3 aliphatic carbocycles. The molecule has 0 heterocycles. The fourth-order valence-corrected chi connectivity index (χ4v) is 1.04. The first kappa shape index (κ1) is 3.25. The van der Waals surface area contributed by atoms with Crippen LogP contribution in [0.1, 0.15) is 0 Å². The van der Waals surface area contributed by atoms with Gasteiger partial charge in [-0.2, -0.15) is 0 Å². The summed E-state index contributed by atoms with van der Waals surface area (Å²) in [5.41, 5.74) is 2.66. The molecule has 0 aromatic heterocycles. The Balaban J connectivity index is 2.61. The second-order valence-electron chi connectivity index (χ2n) is 2.03. The third kappa shape index (κ3) is 0.206. The molecule has 1 atom stereocenters. The summed E-state index contributed by atoms with van der Waals surface area (Å²) < 4.78 is 0. The predicted octanol–water partition coefficient (Wildman–Crippen LogP) is 1.67. The van der Waals surface area contributed by atoms with Gasteiger partial charge in [0.2, 0.25) is 0 Å². The van der Waals surface area contributed by atoms with Crippen molar-refractivity contribution in [1.29, 1.82) is 0 Å². The molecule has 0 aliphatic heterocycles. The maximum atomic E-state index is 3.85. The van der Waals surface area contributed by atoms with Gasteiger partial charge in [0.1, 0.15) is 0 Å². The minimum atomic E-state index is 0.620. The van der Waals surface area contributed by atoms with E-state index in [2.05, 4.69) is 24.8 Å². The van der Waals surface area contributed by atoms with Gasteiger partial charge in [0.25, 0.3) is 0 Å². The van der Waals surface area contributed by atoms with Crippen LogP contribution in [0.3, 0.4) is 0 Å². The van der Waals surface area contributed by atoms with E-state index in [9.17, 15) is 0 Å². The molecule has 0 fully saturated rings. The van der Waals surface area contributed by atoms with Crippen molar-refractivity contribution in [2.75, 3.05) is 0 Å². The van der Waals surface area contributed by atoms with Crippen LogP contribution in [0.5, 0.6) is 0 Å². The highest BCUT2D eigenvalue weighted by Gasteiger charge is 2.24. The molecule has 34 valence electrons. The molecule has 0 aromatic rings. The summed E-state index contributed by atoms with van der Waals surface area (Å²) in [7, 11) is 0. The van der Waals surface area contributed by atoms with Gasteiger partial charge < -0.3 is 0 Å². The van der Waals surface area contributed by atoms with E-state index in [-0.39, 0.29) is 0 Å². The highest BCUT2D eigenvalue weighted by Crippen LogP contribution is 2.39. The third-order valence-corrected chi connectivity index (χ3v) is 1.62. The van der Waals surface area contributed by atoms with Crippen molar-refractivity contribution in [2.45, 2.75) is 0 Å². The lowest BCUT2D eigenvalue weighted by Gasteiger charge is -2.14. The van der Waals surface area contributed by atoms with Crippen molar-refractivity contribution in [3.05, 3.63) is 36.0 Å². The number of hydrogen-bond donors (Lipinski definition) is 0. The van der Waals surface area contributed by atoms with Gasteiger partial charge >= 0.3 is 0 Å². The lowest BCUT2D eigenvalue weighted by Crippen LogP contribution is -2.01. The Bertz CT molecular complexity index is 182. The largest absolute Gasteiger partial charge is 0.0943 e. The van der Waals surface area contributed by atoms with Crippen LogP contribution in [-0.4, -0.2) is 0 Å². The lowest BCUT2D eigenvalue weighted by molar-refractivity contribution is 0.965. The van der Waals surface area contributed by atoms with Crippen LogP contribution < -0.4 is 0 Å². The van der Waals surface area contributed by atoms with Crippen LogP contribution in [0.4, 0.5) is 0 Å². The normalized spacial score (nSPS) is 32.9. The summed E-state index contributed by atoms with van der Waals surface area (Å²) in [6, 6.07) is 0. The Labute approximate surface area is 42.8 Å². The fraction of sp³-hybridized carbons (Fsp3) is 0.143. The van der Waals surface area contributed by atoms with E-state index in [1.807, 2.05) is 0 Å². The van der Waals surface area contributed by atoms with Crippen LogP contribution in [0, 0.1) is 5.92 Å². The summed E-state index contributed by atoms with van der Waals surface area (Å²) >= 11 is 0. The SMILES string of the molecule is C=C1C2=CC1C=C2. The number of hydrogen-bond acceptors (Lipinski definition) is 0. The summed E-state index contributed by atoms with van der Waals surface area (Å²) in [4.78, 5) is 0. The summed E-state index contributed by atoms with van der Waals surface area (Å²) in [5.74, 6) is 0.620. The predicted molar refractivity (Wildman–Crippen MR) is 29.9 cm³/mol. The zero-order chi connectivity index (χ0) is 4.85. The van der Waals surface area contributed by atoms with E-state index < -0.39 is 0 Å². The van der Waals surface area contributed by atoms with Crippen LogP contribution in [0.2, 0.25) is 0 Å². The van der Waals surface area contributed by atoms with Crippen molar-refractivity contribution in [1.82, 2.24) is 0 Å². The first-order chi connectivity index (χ1) is 3.38. The molecule has 0 spiro atoms. The van der Waals surface area contributed by atoms with Gasteiger partial charge in [-0.05, 0) is 11.1 Å². The quantitative estimate of drug-likeness (QED) is 0.424. The lowest BCUT2D eigenvalue weighted by atomic mass is 9.90. The molecular weight excluding hydrogens is 84.1 g/mol. The molecule has 7 heavy (non-hydrogen) atoms. The van der Waals surface area contributed by atoms with E-state index in [0.29, 0.717) is 5.92 Å². The van der Waals surface area contributed by atoms with Crippen molar-refractivity contribution in [3.63, 3.8) is 0 Å². The van der Waals surface area contributed by atoms with Gasteiger partial charge in [0.05, 0.1) is 0 Å². The first-order valence-corrected chi connectivity index (χ1v) is 2.47. The van der Waals surface area contributed by atoms with E-state index in [4.69, 9.17) is 0 Å². The Kier molecular flexibility index (Phi) is 0.343. The van der Waals surface area contributed by atoms with Crippen molar-refractivity contribution in [3.8, 4) is 0 Å². The molecule has 0 aromatic carbocycles. The van der Waals surface area contributed by atoms with Crippen LogP contribution >= 0.6 is 0 Å². The number of allylic oxidation sites excluding steroid dienone is 5. The van der Waals surface area contributed by atoms with Gasteiger partial charge in [0.15, 0.2) is 0 Å². The molecule has 0 N–H and O–H groups in total. The zero-order valence-electron chi connectivity index (χ0n) is 4.02. The topological polar surface area (TPSA) is 0 Å². The second kappa shape index (κ2) is 0.738. The Morgan fingerprint density at radius 1 is 1.57 bits per heavy atom. The molecular formula is C7H6. The van der Waals surface area contributed by atoms with Gasteiger partial charge in [-0.15, -0.1) is 0 Å². The first-order valence-electron chi connectivity index (χ1n) is 2.47. The Morgan fingerprint density at radius 2 is 2.43 bits per heavy atom. The van der Waals surface area contributed by atoms with Gasteiger partial charge in [-0.25, -0.2) is 0 Å². The van der Waals surface area contributed by atoms with E-state index in [0.717, 1.165) is 0 Å². The average molecular weight is 90.1 g/mol. The number of rotatable bonds is 0. The van der Waals surface area contributed by atoms with Crippen molar-refractivity contribution < 1.29 is 0 Å².